The fraction of sp³-hybridized carbons (Fsp3) is 1.00. The SMILES string of the molecule is CC(C)(C)O[Si](O)(OC(C)(C)C)C1CC1. The highest BCUT2D eigenvalue weighted by molar-refractivity contribution is 6.62. The van der Waals surface area contributed by atoms with Crippen LogP contribution in [-0.4, -0.2) is 24.8 Å². The maximum absolute atomic E-state index is 10.5. The largest absolute Gasteiger partial charge is 0.502 e. The Bertz CT molecular complexity index is 207. The predicted octanol–water partition coefficient (Wildman–Crippen LogP) is 2.71. The molecule has 0 atom stereocenters. The lowest BCUT2D eigenvalue weighted by molar-refractivity contribution is -0.0283. The van der Waals surface area contributed by atoms with Crippen LogP contribution < -0.4 is 0 Å². The summed E-state index contributed by atoms with van der Waals surface area (Å²) in [6.07, 6.45) is 2.07. The number of hydrogen-bond donors (Lipinski definition) is 1. The Morgan fingerprint density at radius 1 is 0.933 bits per heavy atom. The highest BCUT2D eigenvalue weighted by Crippen LogP contribution is 2.47. The zero-order valence-corrected chi connectivity index (χ0v) is 11.8. The maximum atomic E-state index is 10.5. The Balaban J connectivity index is 2.70. The van der Waals surface area contributed by atoms with Gasteiger partial charge in [-0.1, -0.05) is 0 Å². The summed E-state index contributed by atoms with van der Waals surface area (Å²) in [5, 5.41) is 0. The fourth-order valence-corrected chi connectivity index (χ4v) is 4.54. The fourth-order valence-electron chi connectivity index (χ4n) is 1.51. The molecule has 1 aliphatic rings. The van der Waals surface area contributed by atoms with E-state index in [1.54, 1.807) is 0 Å². The molecule has 0 heterocycles. The lowest BCUT2D eigenvalue weighted by Gasteiger charge is -2.36. The van der Waals surface area contributed by atoms with E-state index in [2.05, 4.69) is 0 Å². The molecule has 0 aromatic rings. The van der Waals surface area contributed by atoms with Crippen molar-refractivity contribution in [3.63, 3.8) is 0 Å². The zero-order chi connectivity index (χ0) is 11.9. The quantitative estimate of drug-likeness (QED) is 0.760. The van der Waals surface area contributed by atoms with Crippen LogP contribution in [0.4, 0.5) is 0 Å². The summed E-state index contributed by atoms with van der Waals surface area (Å²) in [4.78, 5) is 10.5. The predicted molar refractivity (Wildman–Crippen MR) is 62.6 cm³/mol. The van der Waals surface area contributed by atoms with E-state index < -0.39 is 8.80 Å². The summed E-state index contributed by atoms with van der Waals surface area (Å²) in [6, 6.07) is 0. The van der Waals surface area contributed by atoms with Crippen LogP contribution in [0.15, 0.2) is 0 Å². The Labute approximate surface area is 94.2 Å². The van der Waals surface area contributed by atoms with Crippen LogP contribution in [-0.2, 0) is 8.85 Å². The Kier molecular flexibility index (Phi) is 3.37. The van der Waals surface area contributed by atoms with Crippen molar-refractivity contribution in [1.29, 1.82) is 0 Å². The first kappa shape index (κ1) is 13.2. The summed E-state index contributed by atoms with van der Waals surface area (Å²) in [5.41, 5.74) is -0.417. The third-order valence-electron chi connectivity index (χ3n) is 2.00. The maximum Gasteiger partial charge on any atom is 0.502 e. The normalized spacial score (nSPS) is 19.4. The lowest BCUT2D eigenvalue weighted by atomic mass is 10.2. The van der Waals surface area contributed by atoms with Crippen LogP contribution in [0, 0.1) is 0 Å². The molecule has 0 aromatic heterocycles. The monoisotopic (exact) mass is 232 g/mol. The molecule has 1 fully saturated rings. The van der Waals surface area contributed by atoms with Crippen molar-refractivity contribution in [2.45, 2.75) is 71.1 Å². The van der Waals surface area contributed by atoms with Gasteiger partial charge in [-0.2, -0.15) is 0 Å². The van der Waals surface area contributed by atoms with Gasteiger partial charge in [-0.15, -0.1) is 0 Å². The number of hydrogen-bond acceptors (Lipinski definition) is 3. The molecule has 15 heavy (non-hydrogen) atoms. The molecule has 3 nitrogen and oxygen atoms in total. The van der Waals surface area contributed by atoms with E-state index in [1.165, 1.54) is 0 Å². The average Bonchev–Trinajstić information content (AvgIpc) is 2.53. The van der Waals surface area contributed by atoms with Gasteiger partial charge in [0, 0.05) is 5.54 Å². The van der Waals surface area contributed by atoms with Crippen molar-refractivity contribution in [2.24, 2.45) is 0 Å². The molecular weight excluding hydrogens is 208 g/mol. The second-order valence-corrected chi connectivity index (χ2v) is 8.82. The lowest BCUT2D eigenvalue weighted by Crippen LogP contribution is -2.52. The molecule has 90 valence electrons. The van der Waals surface area contributed by atoms with Gasteiger partial charge in [-0.25, -0.2) is 0 Å². The van der Waals surface area contributed by atoms with E-state index in [0.29, 0.717) is 0 Å². The van der Waals surface area contributed by atoms with Crippen LogP contribution in [0.25, 0.3) is 0 Å². The van der Waals surface area contributed by atoms with Crippen molar-refractivity contribution >= 4 is 8.80 Å². The molecule has 1 aliphatic carbocycles. The zero-order valence-electron chi connectivity index (χ0n) is 10.8. The summed E-state index contributed by atoms with van der Waals surface area (Å²) in [7, 11) is -2.99. The van der Waals surface area contributed by atoms with Gasteiger partial charge in [-0.05, 0) is 54.4 Å². The van der Waals surface area contributed by atoms with Gasteiger partial charge in [0.1, 0.15) is 0 Å². The molecular formula is C11H24O3Si. The van der Waals surface area contributed by atoms with Crippen LogP contribution in [0.1, 0.15) is 54.4 Å². The van der Waals surface area contributed by atoms with E-state index in [0.717, 1.165) is 12.8 Å². The first-order chi connectivity index (χ1) is 6.52. The standard InChI is InChI=1S/C11H24O3Si/c1-10(2,3)13-15(12,9-7-8-9)14-11(4,5)6/h9,12H,7-8H2,1-6H3. The molecule has 0 saturated heterocycles. The smallest absolute Gasteiger partial charge is 0.390 e. The van der Waals surface area contributed by atoms with Crippen LogP contribution >= 0.6 is 0 Å². The third kappa shape index (κ3) is 4.63. The Morgan fingerprint density at radius 2 is 1.27 bits per heavy atom. The van der Waals surface area contributed by atoms with Gasteiger partial charge >= 0.3 is 8.80 Å². The van der Waals surface area contributed by atoms with Crippen molar-refractivity contribution in [1.82, 2.24) is 0 Å². The molecule has 0 radical (unpaired) electrons. The van der Waals surface area contributed by atoms with E-state index in [-0.39, 0.29) is 16.7 Å². The van der Waals surface area contributed by atoms with Gasteiger partial charge in [0.05, 0.1) is 11.2 Å². The molecule has 0 bridgehead atoms. The first-order valence-corrected chi connectivity index (χ1v) is 7.49. The van der Waals surface area contributed by atoms with Gasteiger partial charge < -0.3 is 13.6 Å². The second-order valence-electron chi connectivity index (χ2n) is 6.33. The molecule has 4 heteroatoms. The molecule has 0 amide bonds. The van der Waals surface area contributed by atoms with Crippen molar-refractivity contribution in [2.75, 3.05) is 0 Å². The van der Waals surface area contributed by atoms with Gasteiger partial charge in [0.2, 0.25) is 0 Å². The minimum absolute atomic E-state index is 0.260. The highest BCUT2D eigenvalue weighted by atomic mass is 28.4. The molecule has 1 saturated carbocycles. The Hall–Kier alpha value is 0.0969. The third-order valence-corrected chi connectivity index (χ3v) is 5.42. The summed E-state index contributed by atoms with van der Waals surface area (Å²) in [5.74, 6) is 0. The number of rotatable bonds is 3. The molecule has 0 aromatic carbocycles. The van der Waals surface area contributed by atoms with Crippen molar-refractivity contribution < 1.29 is 13.6 Å². The van der Waals surface area contributed by atoms with E-state index >= 15 is 0 Å². The van der Waals surface area contributed by atoms with E-state index in [4.69, 9.17) is 8.85 Å². The minimum Gasteiger partial charge on any atom is -0.390 e. The minimum atomic E-state index is -2.99. The Morgan fingerprint density at radius 3 is 1.47 bits per heavy atom. The summed E-state index contributed by atoms with van der Waals surface area (Å²) < 4.78 is 11.6. The molecule has 0 unspecified atom stereocenters. The van der Waals surface area contributed by atoms with Crippen molar-refractivity contribution in [3.8, 4) is 0 Å². The highest BCUT2D eigenvalue weighted by Gasteiger charge is 2.56. The summed E-state index contributed by atoms with van der Waals surface area (Å²) >= 11 is 0. The summed E-state index contributed by atoms with van der Waals surface area (Å²) in [6.45, 7) is 11.7. The molecule has 1 N–H and O–H groups in total. The second kappa shape index (κ2) is 3.84. The molecule has 1 rings (SSSR count). The van der Waals surface area contributed by atoms with Crippen LogP contribution in [0.3, 0.4) is 0 Å². The topological polar surface area (TPSA) is 38.7 Å². The van der Waals surface area contributed by atoms with Crippen molar-refractivity contribution in [3.05, 3.63) is 0 Å². The molecule has 0 spiro atoms. The average molecular weight is 232 g/mol. The molecule has 0 aliphatic heterocycles. The van der Waals surface area contributed by atoms with E-state index in [1.807, 2.05) is 41.5 Å². The van der Waals surface area contributed by atoms with Gasteiger partial charge in [-0.3, -0.25) is 0 Å². The van der Waals surface area contributed by atoms with Crippen LogP contribution in [0.5, 0.6) is 0 Å². The first-order valence-electron chi connectivity index (χ1n) is 5.65. The van der Waals surface area contributed by atoms with Gasteiger partial charge in [0.15, 0.2) is 0 Å². The van der Waals surface area contributed by atoms with Crippen LogP contribution in [0.2, 0.25) is 5.54 Å². The van der Waals surface area contributed by atoms with E-state index in [9.17, 15) is 4.80 Å². The van der Waals surface area contributed by atoms with Gasteiger partial charge in [0.25, 0.3) is 0 Å².